The van der Waals surface area contributed by atoms with Gasteiger partial charge >= 0.3 is 11.9 Å². The molecule has 0 spiro atoms. The zero-order valence-corrected chi connectivity index (χ0v) is 13.9. The van der Waals surface area contributed by atoms with Gasteiger partial charge < -0.3 is 26.0 Å². The number of ether oxygens (including phenoxy) is 1. The van der Waals surface area contributed by atoms with Crippen LogP contribution in [0.2, 0.25) is 0 Å². The van der Waals surface area contributed by atoms with Crippen LogP contribution in [0.25, 0.3) is 0 Å². The molecule has 8 heteroatoms. The van der Waals surface area contributed by atoms with Gasteiger partial charge in [-0.25, -0.2) is 4.79 Å². The van der Waals surface area contributed by atoms with E-state index in [1.165, 1.54) is 12.1 Å². The van der Waals surface area contributed by atoms with Crippen LogP contribution in [-0.2, 0) is 22.6 Å². The van der Waals surface area contributed by atoms with Crippen LogP contribution in [0.15, 0.2) is 42.5 Å². The summed E-state index contributed by atoms with van der Waals surface area (Å²) in [5.74, 6) is -1.70. The number of nitrogens with two attached hydrogens (primary N) is 1. The molecule has 0 aliphatic carbocycles. The number of nitrogens with one attached hydrogen (secondary N) is 2. The molecule has 0 atom stereocenters. The van der Waals surface area contributed by atoms with Crippen LogP contribution in [0.3, 0.4) is 0 Å². The first-order valence-electron chi connectivity index (χ1n) is 7.70. The third kappa shape index (κ3) is 5.32. The number of amidine groups is 1. The number of carbonyl (C=O) groups is 2. The molecule has 2 aromatic carbocycles. The molecule has 2 rings (SSSR count). The number of nitrogen functional groups attached to an aromatic ring is 1. The lowest BCUT2D eigenvalue weighted by molar-refractivity contribution is -0.142. The molecule has 136 valence electrons. The van der Waals surface area contributed by atoms with Gasteiger partial charge in [-0.1, -0.05) is 6.07 Å². The van der Waals surface area contributed by atoms with E-state index in [0.29, 0.717) is 22.4 Å². The fraction of sp³-hybridized carbons (Fsp3) is 0.167. The number of carbonyl (C=O) groups excluding carboxylic acids is 1. The number of hydrogen-bond acceptors (Lipinski definition) is 6. The number of benzene rings is 2. The van der Waals surface area contributed by atoms with Gasteiger partial charge in [-0.3, -0.25) is 10.2 Å². The minimum absolute atomic E-state index is 0.00281. The zero-order valence-electron chi connectivity index (χ0n) is 13.9. The fourth-order valence-corrected chi connectivity index (χ4v) is 2.26. The monoisotopic (exact) mass is 357 g/mol. The molecule has 0 radical (unpaired) electrons. The van der Waals surface area contributed by atoms with Crippen molar-refractivity contribution >= 4 is 23.5 Å². The molecular weight excluding hydrogens is 338 g/mol. The minimum atomic E-state index is -1.13. The molecule has 0 bridgehead atoms. The van der Waals surface area contributed by atoms with Gasteiger partial charge in [0.25, 0.3) is 0 Å². The number of hydrogen-bond donors (Lipinski definition) is 5. The summed E-state index contributed by atoms with van der Waals surface area (Å²) in [6.07, 6.45) is -0.112. The van der Waals surface area contributed by atoms with Gasteiger partial charge in [0.2, 0.25) is 0 Å². The van der Waals surface area contributed by atoms with Crippen molar-refractivity contribution in [2.75, 3.05) is 12.0 Å². The second-order valence-corrected chi connectivity index (χ2v) is 5.51. The van der Waals surface area contributed by atoms with E-state index in [1.54, 1.807) is 30.3 Å². The van der Waals surface area contributed by atoms with E-state index in [9.17, 15) is 14.7 Å². The van der Waals surface area contributed by atoms with Gasteiger partial charge in [0.15, 0.2) is 6.73 Å². The molecule has 0 aliphatic heterocycles. The van der Waals surface area contributed by atoms with Crippen LogP contribution in [0, 0.1) is 5.41 Å². The van der Waals surface area contributed by atoms with Gasteiger partial charge in [0.1, 0.15) is 5.84 Å². The number of carboxylic acids is 1. The Bertz CT molecular complexity index is 818. The topological polar surface area (TPSA) is 146 Å². The Balaban J connectivity index is 1.89. The first kappa shape index (κ1) is 18.9. The fourth-order valence-electron chi connectivity index (χ4n) is 2.26. The molecule has 0 amide bonds. The molecule has 0 fully saturated rings. The maximum absolute atomic E-state index is 11.9. The van der Waals surface area contributed by atoms with Crippen molar-refractivity contribution in [1.82, 2.24) is 0 Å². The number of rotatable bonds is 8. The molecule has 0 saturated carbocycles. The third-order valence-corrected chi connectivity index (χ3v) is 3.54. The summed E-state index contributed by atoms with van der Waals surface area (Å²) >= 11 is 0. The van der Waals surface area contributed by atoms with Gasteiger partial charge in [0, 0.05) is 11.3 Å². The van der Waals surface area contributed by atoms with Crippen LogP contribution in [0.4, 0.5) is 5.69 Å². The van der Waals surface area contributed by atoms with Crippen molar-refractivity contribution < 1.29 is 24.5 Å². The zero-order chi connectivity index (χ0) is 19.1. The smallest absolute Gasteiger partial charge is 0.335 e. The van der Waals surface area contributed by atoms with Crippen molar-refractivity contribution in [1.29, 1.82) is 5.41 Å². The van der Waals surface area contributed by atoms with Crippen molar-refractivity contribution in [2.45, 2.75) is 13.0 Å². The lowest BCUT2D eigenvalue weighted by atomic mass is 10.0. The van der Waals surface area contributed by atoms with Gasteiger partial charge in [-0.05, 0) is 47.5 Å². The second-order valence-electron chi connectivity index (χ2n) is 5.51. The Kier molecular flexibility index (Phi) is 6.29. The van der Waals surface area contributed by atoms with Gasteiger partial charge in [-0.15, -0.1) is 0 Å². The predicted octanol–water partition coefficient (Wildman–Crippen LogP) is 1.32. The average molecular weight is 357 g/mol. The largest absolute Gasteiger partial charge is 0.478 e. The van der Waals surface area contributed by atoms with Crippen LogP contribution in [0.1, 0.15) is 27.0 Å². The van der Waals surface area contributed by atoms with Crippen LogP contribution in [0.5, 0.6) is 0 Å². The highest BCUT2D eigenvalue weighted by molar-refractivity contribution is 5.95. The summed E-state index contributed by atoms with van der Waals surface area (Å²) in [6.45, 7) is -0.384. The number of anilines is 1. The van der Waals surface area contributed by atoms with Gasteiger partial charge in [-0.2, -0.15) is 0 Å². The van der Waals surface area contributed by atoms with Crippen molar-refractivity contribution in [3.05, 3.63) is 64.7 Å². The third-order valence-electron chi connectivity index (χ3n) is 3.54. The number of aliphatic hydroxyl groups is 1. The van der Waals surface area contributed by atoms with Crippen LogP contribution < -0.4 is 11.1 Å². The van der Waals surface area contributed by atoms with Crippen molar-refractivity contribution in [3.63, 3.8) is 0 Å². The van der Waals surface area contributed by atoms with E-state index >= 15 is 0 Å². The van der Waals surface area contributed by atoms with Crippen LogP contribution in [-0.4, -0.2) is 34.7 Å². The molecule has 26 heavy (non-hydrogen) atoms. The summed E-state index contributed by atoms with van der Waals surface area (Å²) in [5, 5.41) is 28.4. The molecule has 0 aliphatic rings. The van der Waals surface area contributed by atoms with Crippen molar-refractivity contribution in [2.24, 2.45) is 5.73 Å². The van der Waals surface area contributed by atoms with E-state index in [1.807, 2.05) is 0 Å². The van der Waals surface area contributed by atoms with E-state index in [2.05, 4.69) is 5.32 Å². The summed E-state index contributed by atoms with van der Waals surface area (Å²) in [6, 6.07) is 11.0. The Morgan fingerprint density at radius 1 is 1.08 bits per heavy atom. The SMILES string of the molecule is N=C(N)c1ccc(NCOC(=O)Cc2cc(CO)cc(C(=O)O)c2)cc1. The first-order valence-corrected chi connectivity index (χ1v) is 7.70. The molecule has 8 nitrogen and oxygen atoms in total. The standard InChI is InChI=1S/C18H19N3O5/c19-17(20)13-1-3-15(4-2-13)21-10-26-16(23)8-11-5-12(9-22)7-14(6-11)18(24)25/h1-7,21-22H,8-10H2,(H3,19,20)(H,24,25). The molecule has 2 aromatic rings. The van der Waals surface area contributed by atoms with Crippen LogP contribution >= 0.6 is 0 Å². The highest BCUT2D eigenvalue weighted by Crippen LogP contribution is 2.13. The number of aromatic carboxylic acids is 1. The summed E-state index contributed by atoms with van der Waals surface area (Å²) in [5.41, 5.74) is 7.51. The lowest BCUT2D eigenvalue weighted by Crippen LogP contribution is -2.15. The summed E-state index contributed by atoms with van der Waals surface area (Å²) < 4.78 is 5.07. The Labute approximate surface area is 149 Å². The van der Waals surface area contributed by atoms with Gasteiger partial charge in [0.05, 0.1) is 18.6 Å². The molecule has 0 saturated heterocycles. The van der Waals surface area contributed by atoms with E-state index in [4.69, 9.17) is 21.0 Å². The van der Waals surface area contributed by atoms with E-state index in [0.717, 1.165) is 0 Å². The van der Waals surface area contributed by atoms with Crippen molar-refractivity contribution in [3.8, 4) is 0 Å². The molecular formula is C18H19N3O5. The Morgan fingerprint density at radius 3 is 2.31 bits per heavy atom. The summed E-state index contributed by atoms with van der Waals surface area (Å²) in [7, 11) is 0. The maximum Gasteiger partial charge on any atom is 0.335 e. The lowest BCUT2D eigenvalue weighted by Gasteiger charge is -2.09. The number of carboxylic acid groups (broad SMARTS) is 1. The second kappa shape index (κ2) is 8.63. The number of aliphatic hydroxyl groups excluding tert-OH is 1. The predicted molar refractivity (Wildman–Crippen MR) is 95.1 cm³/mol. The Hall–Kier alpha value is -3.39. The Morgan fingerprint density at radius 2 is 1.73 bits per heavy atom. The average Bonchev–Trinajstić information content (AvgIpc) is 2.61. The highest BCUT2D eigenvalue weighted by Gasteiger charge is 2.11. The van der Waals surface area contributed by atoms with E-state index < -0.39 is 11.9 Å². The van der Waals surface area contributed by atoms with E-state index in [-0.39, 0.29) is 31.2 Å². The maximum atomic E-state index is 11.9. The highest BCUT2D eigenvalue weighted by atomic mass is 16.5. The first-order chi connectivity index (χ1) is 12.4. The molecule has 0 aromatic heterocycles. The minimum Gasteiger partial charge on any atom is -0.478 e. The number of esters is 1. The molecule has 0 heterocycles. The summed E-state index contributed by atoms with van der Waals surface area (Å²) in [4.78, 5) is 23.0. The molecule has 6 N–H and O–H groups in total. The normalized spacial score (nSPS) is 10.2. The quantitative estimate of drug-likeness (QED) is 0.207. The molecule has 0 unspecified atom stereocenters.